The van der Waals surface area contributed by atoms with Crippen molar-refractivity contribution in [3.63, 3.8) is 0 Å². The van der Waals surface area contributed by atoms with Crippen molar-refractivity contribution in [3.05, 3.63) is 101 Å². The monoisotopic (exact) mass is 409 g/mol. The number of hydrogen-bond acceptors (Lipinski definition) is 3. The number of hydrogen-bond donors (Lipinski definition) is 1. The van der Waals surface area contributed by atoms with E-state index in [2.05, 4.69) is 12.1 Å². The summed E-state index contributed by atoms with van der Waals surface area (Å²) in [6.45, 7) is 3.73. The first-order valence-electron chi connectivity index (χ1n) is 10.8. The molecule has 0 aromatic heterocycles. The summed E-state index contributed by atoms with van der Waals surface area (Å²) in [5.41, 5.74) is 4.77. The summed E-state index contributed by atoms with van der Waals surface area (Å²) in [6.07, 6.45) is -0.835. The molecule has 3 aromatic carbocycles. The van der Waals surface area contributed by atoms with Crippen molar-refractivity contribution in [3.8, 4) is 0 Å². The van der Waals surface area contributed by atoms with Gasteiger partial charge in [-0.25, -0.2) is 4.90 Å². The smallest absolute Gasteiger partial charge is 0.239 e. The van der Waals surface area contributed by atoms with E-state index < -0.39 is 23.4 Å². The van der Waals surface area contributed by atoms with Crippen molar-refractivity contribution in [2.75, 3.05) is 4.90 Å². The lowest BCUT2D eigenvalue weighted by molar-refractivity contribution is -0.126. The minimum atomic E-state index is -0.946. The molecule has 1 N–H and O–H groups in total. The van der Waals surface area contributed by atoms with Crippen LogP contribution in [0.5, 0.6) is 0 Å². The molecular weight excluding hydrogens is 386 g/mol. The fourth-order valence-electron chi connectivity index (χ4n) is 6.49. The third kappa shape index (κ3) is 2.08. The Morgan fingerprint density at radius 2 is 1.39 bits per heavy atom. The number of aliphatic hydroxyl groups excluding tert-OH is 1. The molecular formula is C27H23NO3. The molecule has 2 bridgehead atoms. The van der Waals surface area contributed by atoms with Crippen LogP contribution in [0.1, 0.15) is 40.7 Å². The summed E-state index contributed by atoms with van der Waals surface area (Å²) in [6, 6.07) is 23.5. The molecule has 4 nitrogen and oxygen atoms in total. The molecule has 3 aromatic rings. The highest BCUT2D eigenvalue weighted by atomic mass is 16.3. The molecule has 154 valence electrons. The first-order chi connectivity index (χ1) is 15.0. The lowest BCUT2D eigenvalue weighted by atomic mass is 9.46. The van der Waals surface area contributed by atoms with E-state index in [1.165, 1.54) is 4.90 Å². The maximum Gasteiger partial charge on any atom is 0.239 e. The number of amides is 2. The van der Waals surface area contributed by atoms with Crippen LogP contribution in [0.4, 0.5) is 5.69 Å². The second-order valence-corrected chi connectivity index (χ2v) is 9.05. The Bertz CT molecular complexity index is 1200. The number of imide groups is 1. The topological polar surface area (TPSA) is 57.6 Å². The largest absolute Gasteiger partial charge is 0.392 e. The van der Waals surface area contributed by atoms with Crippen LogP contribution in [0.3, 0.4) is 0 Å². The number of carbonyl (C=O) groups is 2. The number of benzene rings is 3. The van der Waals surface area contributed by atoms with E-state index in [0.29, 0.717) is 5.69 Å². The quantitative estimate of drug-likeness (QED) is 0.653. The van der Waals surface area contributed by atoms with Crippen LogP contribution in [0.25, 0.3) is 0 Å². The van der Waals surface area contributed by atoms with Gasteiger partial charge in [-0.2, -0.15) is 0 Å². The van der Waals surface area contributed by atoms with Gasteiger partial charge >= 0.3 is 0 Å². The highest BCUT2D eigenvalue weighted by Crippen LogP contribution is 2.65. The molecule has 0 spiro atoms. The Morgan fingerprint density at radius 1 is 0.839 bits per heavy atom. The van der Waals surface area contributed by atoms with E-state index in [-0.39, 0.29) is 17.7 Å². The van der Waals surface area contributed by atoms with E-state index in [1.807, 2.05) is 67.6 Å². The zero-order valence-corrected chi connectivity index (χ0v) is 17.4. The number of aryl methyl sites for hydroxylation is 1. The first kappa shape index (κ1) is 18.5. The van der Waals surface area contributed by atoms with E-state index in [9.17, 15) is 14.7 Å². The molecule has 2 amide bonds. The molecule has 1 fully saturated rings. The maximum atomic E-state index is 13.9. The number of anilines is 1. The summed E-state index contributed by atoms with van der Waals surface area (Å²) >= 11 is 0. The Morgan fingerprint density at radius 3 is 1.94 bits per heavy atom. The molecule has 4 aliphatic rings. The van der Waals surface area contributed by atoms with Gasteiger partial charge in [-0.05, 0) is 48.2 Å². The van der Waals surface area contributed by atoms with Crippen LogP contribution < -0.4 is 4.90 Å². The molecule has 1 heterocycles. The van der Waals surface area contributed by atoms with Gasteiger partial charge in [-0.1, -0.05) is 66.2 Å². The second kappa shape index (κ2) is 6.14. The Hall–Kier alpha value is -3.24. The third-order valence-electron chi connectivity index (χ3n) is 7.63. The molecule has 4 heteroatoms. The average molecular weight is 409 g/mol. The molecule has 1 aliphatic heterocycles. The zero-order chi connectivity index (χ0) is 21.5. The van der Waals surface area contributed by atoms with Gasteiger partial charge in [-0.15, -0.1) is 0 Å². The highest BCUT2D eigenvalue weighted by Gasteiger charge is 2.69. The molecule has 0 radical (unpaired) electrons. The van der Waals surface area contributed by atoms with E-state index >= 15 is 0 Å². The molecule has 3 aliphatic carbocycles. The van der Waals surface area contributed by atoms with Gasteiger partial charge in [0.25, 0.3) is 0 Å². The van der Waals surface area contributed by atoms with E-state index in [4.69, 9.17) is 0 Å². The number of aliphatic hydroxyl groups is 1. The number of rotatable bonds is 2. The van der Waals surface area contributed by atoms with Crippen molar-refractivity contribution < 1.29 is 14.7 Å². The van der Waals surface area contributed by atoms with Gasteiger partial charge in [0, 0.05) is 5.92 Å². The Kier molecular flexibility index (Phi) is 3.67. The third-order valence-corrected chi connectivity index (χ3v) is 7.63. The van der Waals surface area contributed by atoms with Crippen LogP contribution in [0.2, 0.25) is 0 Å². The van der Waals surface area contributed by atoms with Gasteiger partial charge in [0.1, 0.15) is 0 Å². The predicted molar refractivity (Wildman–Crippen MR) is 118 cm³/mol. The van der Waals surface area contributed by atoms with Crippen LogP contribution in [0.15, 0.2) is 72.8 Å². The Balaban J connectivity index is 1.66. The summed E-state index contributed by atoms with van der Waals surface area (Å²) in [5.74, 6) is -1.72. The highest BCUT2D eigenvalue weighted by molar-refractivity contribution is 6.23. The minimum Gasteiger partial charge on any atom is -0.392 e. The van der Waals surface area contributed by atoms with Crippen molar-refractivity contribution in [2.45, 2.75) is 31.3 Å². The zero-order valence-electron chi connectivity index (χ0n) is 17.4. The normalized spacial score (nSPS) is 28.9. The van der Waals surface area contributed by atoms with E-state index in [0.717, 1.165) is 27.8 Å². The van der Waals surface area contributed by atoms with Crippen LogP contribution >= 0.6 is 0 Å². The molecule has 0 saturated carbocycles. The van der Waals surface area contributed by atoms with Crippen molar-refractivity contribution in [1.29, 1.82) is 0 Å². The summed E-state index contributed by atoms with van der Waals surface area (Å²) in [7, 11) is 0. The van der Waals surface area contributed by atoms with Crippen LogP contribution in [-0.2, 0) is 15.0 Å². The lowest BCUT2D eigenvalue weighted by Gasteiger charge is -2.55. The Labute approximate surface area is 181 Å². The fourth-order valence-corrected chi connectivity index (χ4v) is 6.49. The fraction of sp³-hybridized carbons (Fsp3) is 0.259. The average Bonchev–Trinajstić information content (AvgIpc) is 3.05. The van der Waals surface area contributed by atoms with Crippen LogP contribution in [0, 0.1) is 18.8 Å². The number of nitrogens with zero attached hydrogens (tertiary/aromatic N) is 1. The van der Waals surface area contributed by atoms with E-state index in [1.54, 1.807) is 6.92 Å². The molecule has 0 unspecified atom stereocenters. The SMILES string of the molecule is Cc1ccc(N2C(=O)[C@@H]3C4c5ccccc5C([C@@H](C)O)(c5ccccc54)[C@@H]3C2=O)cc1. The molecule has 3 atom stereocenters. The van der Waals surface area contributed by atoms with Crippen molar-refractivity contribution in [1.82, 2.24) is 0 Å². The second-order valence-electron chi connectivity index (χ2n) is 9.05. The molecule has 1 saturated heterocycles. The maximum absolute atomic E-state index is 13.9. The van der Waals surface area contributed by atoms with Crippen molar-refractivity contribution in [2.24, 2.45) is 11.8 Å². The van der Waals surface area contributed by atoms with Gasteiger partial charge in [0.05, 0.1) is 29.0 Å². The summed E-state index contributed by atoms with van der Waals surface area (Å²) in [4.78, 5) is 29.1. The predicted octanol–water partition coefficient (Wildman–Crippen LogP) is 3.93. The summed E-state index contributed by atoms with van der Waals surface area (Å²) < 4.78 is 0. The molecule has 7 rings (SSSR count). The van der Waals surface area contributed by atoms with Gasteiger partial charge < -0.3 is 5.11 Å². The first-order valence-corrected chi connectivity index (χ1v) is 10.8. The minimum absolute atomic E-state index is 0.169. The summed E-state index contributed by atoms with van der Waals surface area (Å²) in [5, 5.41) is 11.3. The molecule has 31 heavy (non-hydrogen) atoms. The van der Waals surface area contributed by atoms with Gasteiger partial charge in [0.2, 0.25) is 11.8 Å². The lowest BCUT2D eigenvalue weighted by Crippen LogP contribution is -2.58. The van der Waals surface area contributed by atoms with Crippen molar-refractivity contribution >= 4 is 17.5 Å². The van der Waals surface area contributed by atoms with Crippen LogP contribution in [-0.4, -0.2) is 23.0 Å². The standard InChI is InChI=1S/C27H23NO3/c1-15-11-13-17(14-12-15)28-25(30)23-22-18-7-3-5-9-20(18)27(16(2)29,24(23)26(28)31)21-10-6-4-8-19(21)22/h3-14,16,22-24,29H,1-2H3/t16-,22?,23-,24+,27?/m1/s1. The van der Waals surface area contributed by atoms with Gasteiger partial charge in [0.15, 0.2) is 0 Å². The van der Waals surface area contributed by atoms with Gasteiger partial charge in [-0.3, -0.25) is 9.59 Å². The number of carbonyl (C=O) groups excluding carboxylic acids is 2.